The van der Waals surface area contributed by atoms with Gasteiger partial charge in [0.25, 0.3) is 0 Å². The molecule has 0 amide bonds. The molecule has 0 bridgehead atoms. The summed E-state index contributed by atoms with van der Waals surface area (Å²) in [4.78, 5) is 14.8. The molecule has 82 valence electrons. The van der Waals surface area contributed by atoms with Crippen LogP contribution in [0.25, 0.3) is 0 Å². The van der Waals surface area contributed by atoms with Crippen LogP contribution in [-0.2, 0) is 0 Å². The number of carboxylic acids is 1. The molecule has 0 saturated heterocycles. The van der Waals surface area contributed by atoms with Gasteiger partial charge in [0.2, 0.25) is 0 Å². The highest BCUT2D eigenvalue weighted by molar-refractivity contribution is 8.01. The first-order valence-corrected chi connectivity index (χ1v) is 6.07. The van der Waals surface area contributed by atoms with E-state index in [1.54, 1.807) is 5.51 Å². The second-order valence-electron chi connectivity index (χ2n) is 2.59. The average Bonchev–Trinajstić information content (AvgIpc) is 2.73. The van der Waals surface area contributed by atoms with E-state index in [1.807, 2.05) is 0 Å². The van der Waals surface area contributed by atoms with Crippen LogP contribution >= 0.6 is 34.7 Å². The lowest BCUT2D eigenvalue weighted by atomic mass is 10.3. The van der Waals surface area contributed by atoms with Crippen molar-refractivity contribution in [2.45, 2.75) is 9.37 Å². The smallest absolute Gasteiger partial charge is 0.337 e. The number of hydrogen-bond donors (Lipinski definition) is 1. The Labute approximate surface area is 104 Å². The fraction of sp³-hybridized carbons (Fsp3) is 0. The third kappa shape index (κ3) is 2.31. The standard InChI is InChI=1S/C8H4ClN3O2S2/c9-5-4(7(13)14)1-2-10-6(5)16-8-12-11-3-15-8/h1-3H,(H,13,14). The van der Waals surface area contributed by atoms with Gasteiger partial charge in [0.05, 0.1) is 10.6 Å². The zero-order chi connectivity index (χ0) is 11.5. The number of aromatic nitrogens is 3. The Kier molecular flexibility index (Phi) is 3.37. The van der Waals surface area contributed by atoms with E-state index in [0.29, 0.717) is 9.37 Å². The van der Waals surface area contributed by atoms with E-state index in [0.717, 1.165) is 0 Å². The van der Waals surface area contributed by atoms with Crippen molar-refractivity contribution < 1.29 is 9.90 Å². The van der Waals surface area contributed by atoms with Crippen LogP contribution in [-0.4, -0.2) is 26.3 Å². The summed E-state index contributed by atoms with van der Waals surface area (Å²) in [5, 5.41) is 16.9. The summed E-state index contributed by atoms with van der Waals surface area (Å²) < 4.78 is 0.664. The normalized spacial score (nSPS) is 10.3. The Hall–Kier alpha value is -1.18. The van der Waals surface area contributed by atoms with Crippen molar-refractivity contribution >= 4 is 40.7 Å². The number of hydrogen-bond acceptors (Lipinski definition) is 6. The number of halogens is 1. The molecule has 2 aromatic rings. The van der Waals surface area contributed by atoms with Gasteiger partial charge >= 0.3 is 5.97 Å². The van der Waals surface area contributed by atoms with Crippen LogP contribution in [0.1, 0.15) is 10.4 Å². The van der Waals surface area contributed by atoms with Gasteiger partial charge in [-0.05, 0) is 17.8 Å². The maximum Gasteiger partial charge on any atom is 0.337 e. The molecule has 0 atom stereocenters. The molecular weight excluding hydrogens is 270 g/mol. The van der Waals surface area contributed by atoms with E-state index in [-0.39, 0.29) is 10.6 Å². The number of nitrogens with zero attached hydrogens (tertiary/aromatic N) is 3. The molecule has 0 fully saturated rings. The average molecular weight is 274 g/mol. The van der Waals surface area contributed by atoms with Gasteiger partial charge in [-0.1, -0.05) is 22.9 Å². The van der Waals surface area contributed by atoms with E-state index in [9.17, 15) is 4.79 Å². The summed E-state index contributed by atoms with van der Waals surface area (Å²) in [6.45, 7) is 0. The molecule has 0 saturated carbocycles. The molecule has 0 aliphatic carbocycles. The molecule has 8 heteroatoms. The number of carbonyl (C=O) groups is 1. The third-order valence-corrected chi connectivity index (χ3v) is 3.89. The Bertz CT molecular complexity index is 518. The molecule has 2 aromatic heterocycles. The van der Waals surface area contributed by atoms with Crippen molar-refractivity contribution in [2.75, 3.05) is 0 Å². The second-order valence-corrected chi connectivity index (χ2v) is 5.04. The van der Waals surface area contributed by atoms with Crippen LogP contribution in [0.5, 0.6) is 0 Å². The van der Waals surface area contributed by atoms with Crippen molar-refractivity contribution in [3.63, 3.8) is 0 Å². The molecule has 1 N–H and O–H groups in total. The van der Waals surface area contributed by atoms with E-state index < -0.39 is 5.97 Å². The van der Waals surface area contributed by atoms with Crippen LogP contribution in [0.15, 0.2) is 27.1 Å². The zero-order valence-corrected chi connectivity index (χ0v) is 10.0. The predicted molar refractivity (Wildman–Crippen MR) is 60.2 cm³/mol. The minimum absolute atomic E-state index is 0.0312. The molecule has 0 spiro atoms. The SMILES string of the molecule is O=C(O)c1ccnc(Sc2nncs2)c1Cl. The molecule has 0 unspecified atom stereocenters. The topological polar surface area (TPSA) is 76.0 Å². The lowest BCUT2D eigenvalue weighted by Gasteiger charge is -2.02. The van der Waals surface area contributed by atoms with Gasteiger partial charge < -0.3 is 5.11 Å². The molecule has 0 aliphatic rings. The lowest BCUT2D eigenvalue weighted by Crippen LogP contribution is -1.99. The highest BCUT2D eigenvalue weighted by Gasteiger charge is 2.14. The summed E-state index contributed by atoms with van der Waals surface area (Å²) in [5.41, 5.74) is 1.61. The van der Waals surface area contributed by atoms with Crippen molar-refractivity contribution in [2.24, 2.45) is 0 Å². The number of pyridine rings is 1. The Morgan fingerprint density at radius 1 is 1.56 bits per heavy atom. The zero-order valence-electron chi connectivity index (χ0n) is 7.62. The first-order chi connectivity index (χ1) is 7.68. The fourth-order valence-corrected chi connectivity index (χ4v) is 2.66. The quantitative estimate of drug-likeness (QED) is 0.926. The lowest BCUT2D eigenvalue weighted by molar-refractivity contribution is 0.0696. The summed E-state index contributed by atoms with van der Waals surface area (Å²) in [7, 11) is 0. The van der Waals surface area contributed by atoms with E-state index in [2.05, 4.69) is 15.2 Å². The molecule has 5 nitrogen and oxygen atoms in total. The second kappa shape index (κ2) is 4.77. The third-order valence-electron chi connectivity index (χ3n) is 1.61. The van der Waals surface area contributed by atoms with Crippen molar-refractivity contribution in [1.29, 1.82) is 0 Å². The maximum absolute atomic E-state index is 10.8. The van der Waals surface area contributed by atoms with Crippen LogP contribution in [0.2, 0.25) is 5.02 Å². The first-order valence-electron chi connectivity index (χ1n) is 4.00. The summed E-state index contributed by atoms with van der Waals surface area (Å²) in [6, 6.07) is 1.36. The number of rotatable bonds is 3. The maximum atomic E-state index is 10.8. The Morgan fingerprint density at radius 3 is 3.00 bits per heavy atom. The first kappa shape index (κ1) is 11.3. The van der Waals surface area contributed by atoms with Crippen LogP contribution in [0.3, 0.4) is 0 Å². The van der Waals surface area contributed by atoms with Gasteiger partial charge in [0, 0.05) is 6.20 Å². The van der Waals surface area contributed by atoms with Crippen LogP contribution in [0.4, 0.5) is 0 Å². The highest BCUT2D eigenvalue weighted by Crippen LogP contribution is 2.33. The molecule has 0 aromatic carbocycles. The van der Waals surface area contributed by atoms with Crippen LogP contribution < -0.4 is 0 Å². The Morgan fingerprint density at radius 2 is 2.38 bits per heavy atom. The minimum atomic E-state index is -1.08. The van der Waals surface area contributed by atoms with Crippen molar-refractivity contribution in [1.82, 2.24) is 15.2 Å². The van der Waals surface area contributed by atoms with Crippen molar-refractivity contribution in [3.05, 3.63) is 28.4 Å². The summed E-state index contributed by atoms with van der Waals surface area (Å²) in [6.07, 6.45) is 1.40. The predicted octanol–water partition coefficient (Wildman–Crippen LogP) is 2.44. The highest BCUT2D eigenvalue weighted by atomic mass is 35.5. The van der Waals surface area contributed by atoms with Crippen molar-refractivity contribution in [3.8, 4) is 0 Å². The summed E-state index contributed by atoms with van der Waals surface area (Å²) in [5.74, 6) is -1.08. The van der Waals surface area contributed by atoms with Crippen LogP contribution in [0, 0.1) is 0 Å². The molecule has 0 aliphatic heterocycles. The van der Waals surface area contributed by atoms with Gasteiger partial charge in [-0.15, -0.1) is 10.2 Å². The molecule has 0 radical (unpaired) electrons. The van der Waals surface area contributed by atoms with E-state index in [4.69, 9.17) is 16.7 Å². The molecule has 2 heterocycles. The summed E-state index contributed by atoms with van der Waals surface area (Å²) >= 11 is 8.44. The molecule has 2 rings (SSSR count). The van der Waals surface area contributed by atoms with Gasteiger partial charge in [0.15, 0.2) is 4.34 Å². The minimum Gasteiger partial charge on any atom is -0.478 e. The molecule has 16 heavy (non-hydrogen) atoms. The van der Waals surface area contributed by atoms with Gasteiger partial charge in [-0.25, -0.2) is 9.78 Å². The molecular formula is C8H4ClN3O2S2. The van der Waals surface area contributed by atoms with Gasteiger partial charge in [-0.2, -0.15) is 0 Å². The Balaban J connectivity index is 2.35. The number of aromatic carboxylic acids is 1. The van der Waals surface area contributed by atoms with Gasteiger partial charge in [0.1, 0.15) is 10.5 Å². The largest absolute Gasteiger partial charge is 0.478 e. The number of carboxylic acid groups (broad SMARTS) is 1. The van der Waals surface area contributed by atoms with E-state index >= 15 is 0 Å². The van der Waals surface area contributed by atoms with Gasteiger partial charge in [-0.3, -0.25) is 0 Å². The monoisotopic (exact) mass is 273 g/mol. The van der Waals surface area contributed by atoms with E-state index in [1.165, 1.54) is 35.4 Å². The fourth-order valence-electron chi connectivity index (χ4n) is 0.951.